The maximum Gasteiger partial charge on any atom is 0.418 e. The number of pyridine rings is 1. The number of rotatable bonds is 6. The van der Waals surface area contributed by atoms with Crippen LogP contribution in [0.25, 0.3) is 21.6 Å². The second-order valence-electron chi connectivity index (χ2n) is 7.93. The molecule has 0 spiro atoms. The Kier molecular flexibility index (Phi) is 5.43. The first-order valence-corrected chi connectivity index (χ1v) is 11.2. The van der Waals surface area contributed by atoms with Crippen molar-refractivity contribution in [3.8, 4) is 22.2 Å². The van der Waals surface area contributed by atoms with Crippen LogP contribution in [0.15, 0.2) is 36.4 Å². The van der Waals surface area contributed by atoms with Crippen LogP contribution in [0.2, 0.25) is 0 Å². The lowest BCUT2D eigenvalue weighted by molar-refractivity contribution is -0.136. The fourth-order valence-corrected chi connectivity index (χ4v) is 4.39. The van der Waals surface area contributed by atoms with Crippen molar-refractivity contribution in [1.29, 1.82) is 0 Å². The molecule has 2 heterocycles. The van der Waals surface area contributed by atoms with Crippen molar-refractivity contribution in [1.82, 2.24) is 15.2 Å². The van der Waals surface area contributed by atoms with E-state index in [0.717, 1.165) is 24.2 Å². The Morgan fingerprint density at radius 3 is 2.44 bits per heavy atom. The lowest BCUT2D eigenvalue weighted by Gasteiger charge is -2.18. The van der Waals surface area contributed by atoms with E-state index in [1.807, 2.05) is 0 Å². The summed E-state index contributed by atoms with van der Waals surface area (Å²) in [5.74, 6) is 1.18. The van der Waals surface area contributed by atoms with Crippen molar-refractivity contribution in [3.63, 3.8) is 0 Å². The van der Waals surface area contributed by atoms with Crippen molar-refractivity contribution in [2.45, 2.75) is 24.9 Å². The van der Waals surface area contributed by atoms with Crippen LogP contribution >= 0.6 is 11.3 Å². The largest absolute Gasteiger partial charge is 0.497 e. The molecule has 1 aliphatic carbocycles. The molecule has 0 aliphatic heterocycles. The molecule has 4 aromatic rings. The van der Waals surface area contributed by atoms with Gasteiger partial charge >= 0.3 is 6.18 Å². The van der Waals surface area contributed by atoms with Gasteiger partial charge in [-0.2, -0.15) is 13.2 Å². The van der Waals surface area contributed by atoms with Crippen LogP contribution in [-0.2, 0) is 6.18 Å². The van der Waals surface area contributed by atoms with E-state index < -0.39 is 11.7 Å². The molecule has 1 fully saturated rings. The Bertz CT molecular complexity index is 1390. The Morgan fingerprint density at radius 2 is 1.82 bits per heavy atom. The molecule has 0 atom stereocenters. The Balaban J connectivity index is 1.75. The monoisotopic (exact) mass is 487 g/mol. The summed E-state index contributed by atoms with van der Waals surface area (Å²) in [5, 5.41) is 11.9. The van der Waals surface area contributed by atoms with Gasteiger partial charge in [-0.3, -0.25) is 0 Å². The number of benzene rings is 2. The molecule has 0 unspecified atom stereocenters. The molecule has 1 saturated carbocycles. The lowest BCUT2D eigenvalue weighted by Crippen LogP contribution is -2.09. The summed E-state index contributed by atoms with van der Waals surface area (Å²) in [6.45, 7) is 0. The predicted octanol–water partition coefficient (Wildman–Crippen LogP) is 5.99. The molecule has 0 amide bonds. The highest BCUT2D eigenvalue weighted by Crippen LogP contribution is 2.46. The van der Waals surface area contributed by atoms with Crippen LogP contribution < -0.4 is 20.5 Å². The minimum atomic E-state index is -4.58. The van der Waals surface area contributed by atoms with Gasteiger partial charge in [0.05, 0.1) is 36.7 Å². The number of halogens is 3. The van der Waals surface area contributed by atoms with Crippen LogP contribution in [0, 0.1) is 0 Å². The molecule has 11 heteroatoms. The van der Waals surface area contributed by atoms with Crippen LogP contribution in [0.5, 0.6) is 11.5 Å². The van der Waals surface area contributed by atoms with Gasteiger partial charge in [-0.25, -0.2) is 4.98 Å². The van der Waals surface area contributed by atoms with Gasteiger partial charge in [0, 0.05) is 11.5 Å². The third-order valence-corrected chi connectivity index (χ3v) is 6.40. The summed E-state index contributed by atoms with van der Waals surface area (Å²) in [7, 11) is 3.05. The minimum Gasteiger partial charge on any atom is -0.497 e. The van der Waals surface area contributed by atoms with Gasteiger partial charge in [0.1, 0.15) is 17.2 Å². The maximum atomic E-state index is 14.1. The molecule has 0 bridgehead atoms. The van der Waals surface area contributed by atoms with Crippen molar-refractivity contribution in [2.24, 2.45) is 0 Å². The number of hydrogen-bond donors (Lipinski definition) is 2. The van der Waals surface area contributed by atoms with Crippen LogP contribution in [0.4, 0.5) is 29.7 Å². The normalized spacial score (nSPS) is 13.8. The number of nitrogens with zero attached hydrogens (tertiary/aromatic N) is 3. The number of alkyl halides is 3. The van der Waals surface area contributed by atoms with Crippen molar-refractivity contribution in [2.75, 3.05) is 25.3 Å². The minimum absolute atomic E-state index is 0.122. The molecule has 5 rings (SSSR count). The maximum absolute atomic E-state index is 14.1. The second-order valence-corrected chi connectivity index (χ2v) is 8.94. The number of ether oxygens (including phenoxy) is 2. The zero-order chi connectivity index (χ0) is 24.0. The highest BCUT2D eigenvalue weighted by atomic mass is 32.1. The Morgan fingerprint density at radius 1 is 1.03 bits per heavy atom. The Labute approximate surface area is 196 Å². The quantitative estimate of drug-likeness (QED) is 0.345. The predicted molar refractivity (Wildman–Crippen MR) is 125 cm³/mol. The molecular weight excluding hydrogens is 467 g/mol. The molecule has 0 radical (unpaired) electrons. The topological polar surface area (TPSA) is 95.2 Å². The van der Waals surface area contributed by atoms with E-state index in [2.05, 4.69) is 20.5 Å². The number of fused-ring (bicyclic) bond motifs is 1. The highest BCUT2D eigenvalue weighted by molar-refractivity contribution is 7.18. The van der Waals surface area contributed by atoms with Gasteiger partial charge in [0.25, 0.3) is 0 Å². The molecule has 2 aromatic carbocycles. The van der Waals surface area contributed by atoms with Gasteiger partial charge in [-0.1, -0.05) is 11.3 Å². The van der Waals surface area contributed by atoms with Crippen LogP contribution in [-0.4, -0.2) is 29.4 Å². The van der Waals surface area contributed by atoms with Crippen molar-refractivity contribution >= 4 is 38.7 Å². The Hall–Kier alpha value is -3.60. The number of nitrogen functional groups attached to an aromatic ring is 1. The standard InChI is InChI=1S/C23H20F3N5O2S/c1-32-13-5-6-16(19(9-13)33-2)28-17-10-18(21-30-31-22(27)34-21)29-20-14(17)7-12(11-3-4-11)8-15(20)23(24,25)26/h5-11H,3-4H2,1-2H3,(H2,27,31)(H,28,29). The number of methoxy groups -OCH3 is 2. The molecule has 1 aliphatic rings. The third kappa shape index (κ3) is 4.18. The summed E-state index contributed by atoms with van der Waals surface area (Å²) in [6, 6.07) is 9.81. The van der Waals surface area contributed by atoms with Gasteiger partial charge in [0.2, 0.25) is 5.13 Å². The number of nitrogens with two attached hydrogens (primary N) is 1. The molecule has 0 saturated heterocycles. The third-order valence-electron chi connectivity index (χ3n) is 5.63. The number of hydrogen-bond acceptors (Lipinski definition) is 8. The van der Waals surface area contributed by atoms with E-state index >= 15 is 0 Å². The molecular formula is C23H20F3N5O2S. The molecule has 7 nitrogen and oxygen atoms in total. The summed E-state index contributed by atoms with van der Waals surface area (Å²) in [4.78, 5) is 4.36. The van der Waals surface area contributed by atoms with Crippen LogP contribution in [0.1, 0.15) is 29.9 Å². The zero-order valence-corrected chi connectivity index (χ0v) is 19.0. The molecule has 3 N–H and O–H groups in total. The smallest absolute Gasteiger partial charge is 0.418 e. The van der Waals surface area contributed by atoms with E-state index in [1.165, 1.54) is 20.3 Å². The SMILES string of the molecule is COc1ccc(Nc2cc(-c3nnc(N)s3)nc3c(C(F)(F)F)cc(C4CC4)cc23)c(OC)c1. The number of aromatic nitrogens is 3. The molecule has 34 heavy (non-hydrogen) atoms. The number of anilines is 3. The van der Waals surface area contributed by atoms with E-state index in [-0.39, 0.29) is 22.3 Å². The molecule has 2 aromatic heterocycles. The highest BCUT2D eigenvalue weighted by Gasteiger charge is 2.36. The van der Waals surface area contributed by atoms with Gasteiger partial charge in [0.15, 0.2) is 5.01 Å². The van der Waals surface area contributed by atoms with E-state index in [9.17, 15) is 13.2 Å². The summed E-state index contributed by atoms with van der Waals surface area (Å²) in [5.41, 5.74) is 6.64. The van der Waals surface area contributed by atoms with Gasteiger partial charge in [-0.05, 0) is 54.7 Å². The zero-order valence-electron chi connectivity index (χ0n) is 18.2. The first-order valence-electron chi connectivity index (χ1n) is 10.4. The average Bonchev–Trinajstić information content (AvgIpc) is 3.58. The molecule has 176 valence electrons. The fraction of sp³-hybridized carbons (Fsp3) is 0.261. The fourth-order valence-electron chi connectivity index (χ4n) is 3.82. The van der Waals surface area contributed by atoms with Gasteiger partial charge < -0.3 is 20.5 Å². The lowest BCUT2D eigenvalue weighted by atomic mass is 10.00. The first kappa shape index (κ1) is 22.2. The summed E-state index contributed by atoms with van der Waals surface area (Å²) in [6.07, 6.45) is -2.84. The summed E-state index contributed by atoms with van der Waals surface area (Å²) < 4.78 is 53.1. The second kappa shape index (κ2) is 8.32. The number of nitrogens with one attached hydrogen (secondary N) is 1. The first-order chi connectivity index (χ1) is 16.3. The van der Waals surface area contributed by atoms with Crippen molar-refractivity contribution < 1.29 is 22.6 Å². The van der Waals surface area contributed by atoms with Crippen LogP contribution in [0.3, 0.4) is 0 Å². The van der Waals surface area contributed by atoms with Gasteiger partial charge in [-0.15, -0.1) is 10.2 Å². The van der Waals surface area contributed by atoms with E-state index in [1.54, 1.807) is 30.3 Å². The summed E-state index contributed by atoms with van der Waals surface area (Å²) >= 11 is 1.05. The van der Waals surface area contributed by atoms with Crippen molar-refractivity contribution in [3.05, 3.63) is 47.5 Å². The van der Waals surface area contributed by atoms with E-state index in [4.69, 9.17) is 15.2 Å². The van der Waals surface area contributed by atoms with E-state index in [0.29, 0.717) is 38.8 Å². The average molecular weight is 488 g/mol.